The first kappa shape index (κ1) is 14.4. The summed E-state index contributed by atoms with van der Waals surface area (Å²) in [5.74, 6) is 0.125. The summed E-state index contributed by atoms with van der Waals surface area (Å²) in [4.78, 5) is 4.15. The lowest BCUT2D eigenvalue weighted by molar-refractivity contribution is 0.631. The number of hydrogen-bond donors (Lipinski definition) is 2. The van der Waals surface area contributed by atoms with Crippen molar-refractivity contribution in [1.82, 2.24) is 4.98 Å². The Balaban J connectivity index is 2.37. The molecule has 0 aliphatic carbocycles. The molecule has 0 aliphatic rings. The zero-order valence-corrected chi connectivity index (χ0v) is 11.8. The van der Waals surface area contributed by atoms with Crippen molar-refractivity contribution in [1.29, 1.82) is 5.26 Å². The standard InChI is InChI=1S/C13H9Cl2FN4/c1-18-12-8(14)5-9(15)13(20-12)19-11-3-2-7(6-17)4-10(11)16/h2-5H,1H3,(H2,18,19,20). The van der Waals surface area contributed by atoms with E-state index < -0.39 is 5.82 Å². The summed E-state index contributed by atoms with van der Waals surface area (Å²) in [5, 5.41) is 14.9. The maximum atomic E-state index is 13.8. The molecule has 0 atom stereocenters. The van der Waals surface area contributed by atoms with E-state index in [0.717, 1.165) is 6.07 Å². The molecule has 0 radical (unpaired) electrons. The van der Waals surface area contributed by atoms with Crippen molar-refractivity contribution in [2.75, 3.05) is 17.7 Å². The second kappa shape index (κ2) is 5.95. The molecule has 2 aromatic rings. The number of hydrogen-bond acceptors (Lipinski definition) is 4. The summed E-state index contributed by atoms with van der Waals surface area (Å²) in [6.45, 7) is 0. The van der Waals surface area contributed by atoms with Crippen LogP contribution in [0.1, 0.15) is 5.56 Å². The zero-order valence-electron chi connectivity index (χ0n) is 10.3. The quantitative estimate of drug-likeness (QED) is 0.892. The van der Waals surface area contributed by atoms with Crippen LogP contribution in [-0.4, -0.2) is 12.0 Å². The predicted octanol–water partition coefficient (Wildman–Crippen LogP) is 4.18. The molecule has 1 aromatic heterocycles. The lowest BCUT2D eigenvalue weighted by Gasteiger charge is -2.11. The van der Waals surface area contributed by atoms with Crippen molar-refractivity contribution in [2.45, 2.75) is 0 Å². The van der Waals surface area contributed by atoms with Crippen molar-refractivity contribution in [3.05, 3.63) is 45.7 Å². The van der Waals surface area contributed by atoms with Crippen LogP contribution in [0.25, 0.3) is 0 Å². The number of nitrogens with zero attached hydrogens (tertiary/aromatic N) is 2. The number of benzene rings is 1. The van der Waals surface area contributed by atoms with E-state index in [2.05, 4.69) is 15.6 Å². The van der Waals surface area contributed by atoms with Crippen LogP contribution >= 0.6 is 23.2 Å². The number of pyridine rings is 1. The van der Waals surface area contributed by atoms with Crippen LogP contribution in [0, 0.1) is 17.1 Å². The van der Waals surface area contributed by atoms with E-state index in [0.29, 0.717) is 10.8 Å². The molecule has 0 unspecified atom stereocenters. The molecule has 0 amide bonds. The molecule has 2 N–H and O–H groups in total. The first-order valence-electron chi connectivity index (χ1n) is 5.55. The Morgan fingerprint density at radius 1 is 1.20 bits per heavy atom. The first-order chi connectivity index (χ1) is 9.55. The van der Waals surface area contributed by atoms with Gasteiger partial charge in [-0.15, -0.1) is 0 Å². The lowest BCUT2D eigenvalue weighted by atomic mass is 10.2. The molecule has 2 rings (SSSR count). The second-order valence-corrected chi connectivity index (χ2v) is 4.65. The Morgan fingerprint density at radius 3 is 2.50 bits per heavy atom. The Labute approximate surface area is 125 Å². The maximum Gasteiger partial charge on any atom is 0.151 e. The van der Waals surface area contributed by atoms with Crippen LogP contribution in [0.5, 0.6) is 0 Å². The van der Waals surface area contributed by atoms with Crippen molar-refractivity contribution in [2.24, 2.45) is 0 Å². The maximum absolute atomic E-state index is 13.8. The third kappa shape index (κ3) is 2.93. The number of aromatic nitrogens is 1. The molecule has 0 spiro atoms. The Morgan fingerprint density at radius 2 is 1.90 bits per heavy atom. The average molecular weight is 311 g/mol. The Hall–Kier alpha value is -2.03. The molecule has 20 heavy (non-hydrogen) atoms. The molecular formula is C13H9Cl2FN4. The second-order valence-electron chi connectivity index (χ2n) is 3.83. The molecule has 0 saturated heterocycles. The van der Waals surface area contributed by atoms with E-state index in [1.54, 1.807) is 7.05 Å². The van der Waals surface area contributed by atoms with Crippen LogP contribution < -0.4 is 10.6 Å². The van der Waals surface area contributed by atoms with Gasteiger partial charge in [0.2, 0.25) is 0 Å². The third-order valence-electron chi connectivity index (χ3n) is 2.52. The number of nitrogens with one attached hydrogen (secondary N) is 2. The van der Waals surface area contributed by atoms with Crippen molar-refractivity contribution >= 4 is 40.5 Å². The summed E-state index contributed by atoms with van der Waals surface area (Å²) in [5.41, 5.74) is 0.405. The highest BCUT2D eigenvalue weighted by molar-refractivity contribution is 6.37. The number of halogens is 3. The van der Waals surface area contributed by atoms with Crippen LogP contribution in [-0.2, 0) is 0 Å². The third-order valence-corrected chi connectivity index (χ3v) is 3.09. The number of anilines is 3. The van der Waals surface area contributed by atoms with Gasteiger partial charge in [0.25, 0.3) is 0 Å². The van der Waals surface area contributed by atoms with Crippen molar-refractivity contribution in [3.8, 4) is 6.07 Å². The highest BCUT2D eigenvalue weighted by atomic mass is 35.5. The SMILES string of the molecule is CNc1nc(Nc2ccc(C#N)cc2F)c(Cl)cc1Cl. The van der Waals surface area contributed by atoms with Gasteiger partial charge in [-0.05, 0) is 24.3 Å². The van der Waals surface area contributed by atoms with Gasteiger partial charge >= 0.3 is 0 Å². The first-order valence-corrected chi connectivity index (χ1v) is 6.31. The van der Waals surface area contributed by atoms with Gasteiger partial charge in [-0.3, -0.25) is 0 Å². The summed E-state index contributed by atoms with van der Waals surface area (Å²) < 4.78 is 13.8. The Kier molecular flexibility index (Phi) is 4.28. The minimum Gasteiger partial charge on any atom is -0.372 e. The van der Waals surface area contributed by atoms with Crippen molar-refractivity contribution < 1.29 is 4.39 Å². The van der Waals surface area contributed by atoms with Crippen LogP contribution in [0.3, 0.4) is 0 Å². The zero-order chi connectivity index (χ0) is 14.7. The monoisotopic (exact) mass is 310 g/mol. The van der Waals surface area contributed by atoms with Crippen LogP contribution in [0.4, 0.5) is 21.7 Å². The molecule has 4 nitrogen and oxygen atoms in total. The lowest BCUT2D eigenvalue weighted by Crippen LogP contribution is -2.01. The summed E-state index contributed by atoms with van der Waals surface area (Å²) >= 11 is 11.9. The van der Waals surface area contributed by atoms with Crippen LogP contribution in [0.2, 0.25) is 10.0 Å². The molecule has 1 aromatic carbocycles. The van der Waals surface area contributed by atoms with E-state index in [-0.39, 0.29) is 22.1 Å². The fourth-order valence-electron chi connectivity index (χ4n) is 1.54. The van der Waals surface area contributed by atoms with E-state index >= 15 is 0 Å². The fourth-order valence-corrected chi connectivity index (χ4v) is 2.04. The largest absolute Gasteiger partial charge is 0.372 e. The average Bonchev–Trinajstić information content (AvgIpc) is 2.43. The molecule has 1 heterocycles. The summed E-state index contributed by atoms with van der Waals surface area (Å²) in [6, 6.07) is 7.43. The summed E-state index contributed by atoms with van der Waals surface area (Å²) in [6.07, 6.45) is 0. The van der Waals surface area contributed by atoms with Gasteiger partial charge in [-0.25, -0.2) is 9.37 Å². The molecule has 0 aliphatic heterocycles. The van der Waals surface area contributed by atoms with Gasteiger partial charge in [0, 0.05) is 7.05 Å². The van der Waals surface area contributed by atoms with Gasteiger partial charge in [0.15, 0.2) is 5.82 Å². The molecule has 0 saturated carbocycles. The van der Waals surface area contributed by atoms with Gasteiger partial charge < -0.3 is 10.6 Å². The number of rotatable bonds is 3. The topological polar surface area (TPSA) is 60.7 Å². The van der Waals surface area contributed by atoms with E-state index in [1.165, 1.54) is 18.2 Å². The van der Waals surface area contributed by atoms with E-state index in [4.69, 9.17) is 28.5 Å². The van der Waals surface area contributed by atoms with Gasteiger partial charge in [-0.1, -0.05) is 23.2 Å². The number of nitriles is 1. The molecule has 102 valence electrons. The highest BCUT2D eigenvalue weighted by Crippen LogP contribution is 2.31. The minimum absolute atomic E-state index is 0.169. The van der Waals surface area contributed by atoms with Crippen LogP contribution in [0.15, 0.2) is 24.3 Å². The highest BCUT2D eigenvalue weighted by Gasteiger charge is 2.11. The smallest absolute Gasteiger partial charge is 0.151 e. The predicted molar refractivity (Wildman–Crippen MR) is 78.2 cm³/mol. The fraction of sp³-hybridized carbons (Fsp3) is 0.0769. The molecular weight excluding hydrogens is 302 g/mol. The van der Waals surface area contributed by atoms with Crippen molar-refractivity contribution in [3.63, 3.8) is 0 Å². The van der Waals surface area contributed by atoms with E-state index in [9.17, 15) is 4.39 Å². The molecule has 7 heteroatoms. The van der Waals surface area contributed by atoms with Gasteiger partial charge in [0.05, 0.1) is 27.4 Å². The van der Waals surface area contributed by atoms with Gasteiger partial charge in [-0.2, -0.15) is 5.26 Å². The normalized spacial score (nSPS) is 9.95. The molecule has 0 fully saturated rings. The van der Waals surface area contributed by atoms with Gasteiger partial charge in [0.1, 0.15) is 11.6 Å². The van der Waals surface area contributed by atoms with E-state index in [1.807, 2.05) is 6.07 Å². The Bertz CT molecular complexity index is 698. The summed E-state index contributed by atoms with van der Waals surface area (Å²) in [7, 11) is 1.66. The molecule has 0 bridgehead atoms. The minimum atomic E-state index is -0.567.